The van der Waals surface area contributed by atoms with Gasteiger partial charge in [0.05, 0.1) is 12.7 Å². The largest absolute Gasteiger partial charge is 0.393 e. The van der Waals surface area contributed by atoms with E-state index in [1.54, 1.807) is 27.7 Å². The van der Waals surface area contributed by atoms with Crippen molar-refractivity contribution in [3.8, 4) is 0 Å². The number of aliphatic hydroxyl groups excluding tert-OH is 2. The Morgan fingerprint density at radius 1 is 1.00 bits per heavy atom. The van der Waals surface area contributed by atoms with Gasteiger partial charge in [0.1, 0.15) is 16.8 Å². The summed E-state index contributed by atoms with van der Waals surface area (Å²) in [6.45, 7) is 5.69. The Morgan fingerprint density at radius 3 is 1.56 bits per heavy atom. The van der Waals surface area contributed by atoms with Crippen LogP contribution in [0.25, 0.3) is 0 Å². The predicted octanol–water partition coefficient (Wildman–Crippen LogP) is -1.39. The van der Waals surface area contributed by atoms with Crippen LogP contribution in [0, 0.1) is 10.8 Å². The highest BCUT2D eigenvalue weighted by Gasteiger charge is 2.98. The number of hydrogen-bond acceptors (Lipinski definition) is 5. The molecule has 5 N–H and O–H groups in total. The lowest BCUT2D eigenvalue weighted by molar-refractivity contribution is -0.116. The van der Waals surface area contributed by atoms with E-state index in [1.165, 1.54) is 0 Å². The molecule has 0 radical (unpaired) electrons. The van der Waals surface area contributed by atoms with Gasteiger partial charge in [-0.05, 0) is 0 Å². The first-order chi connectivity index (χ1) is 6.97. The fourth-order valence-electron chi connectivity index (χ4n) is 3.40. The second-order valence-electron chi connectivity index (χ2n) is 6.24. The number of hydrogen-bond donors (Lipinski definition) is 5. The van der Waals surface area contributed by atoms with E-state index in [-0.39, 0.29) is 0 Å². The van der Waals surface area contributed by atoms with Crippen molar-refractivity contribution < 1.29 is 25.5 Å². The molecule has 0 aromatic heterocycles. The van der Waals surface area contributed by atoms with E-state index in [9.17, 15) is 25.5 Å². The zero-order chi connectivity index (χ0) is 12.8. The van der Waals surface area contributed by atoms with Crippen LogP contribution in [-0.4, -0.2) is 55.0 Å². The number of rotatable bonds is 2. The summed E-state index contributed by atoms with van der Waals surface area (Å²) in [6.07, 6.45) is -1.11. The molecule has 0 amide bonds. The summed E-state index contributed by atoms with van der Waals surface area (Å²) in [5.41, 5.74) is -7.38. The first-order valence-electron chi connectivity index (χ1n) is 5.43. The predicted molar refractivity (Wildman–Crippen MR) is 55.5 cm³/mol. The van der Waals surface area contributed by atoms with Crippen molar-refractivity contribution in [2.45, 2.75) is 50.6 Å². The Kier molecular flexibility index (Phi) is 1.89. The van der Waals surface area contributed by atoms with E-state index in [0.717, 1.165) is 0 Å². The van der Waals surface area contributed by atoms with Gasteiger partial charge in [-0.3, -0.25) is 0 Å². The zero-order valence-electron chi connectivity index (χ0n) is 10.0. The smallest absolute Gasteiger partial charge is 0.136 e. The minimum absolute atomic E-state index is 0.651. The van der Waals surface area contributed by atoms with E-state index in [4.69, 9.17) is 0 Å². The summed E-state index contributed by atoms with van der Waals surface area (Å²) >= 11 is 0. The van der Waals surface area contributed by atoms with E-state index in [1.807, 2.05) is 0 Å². The summed E-state index contributed by atoms with van der Waals surface area (Å²) in [7, 11) is 0. The SMILES string of the molecule is CC1(C)[C@](O)([C@@]2(O)C(O)C2(C)C)[C@@]1(O)CO. The molecule has 1 unspecified atom stereocenters. The molecule has 16 heavy (non-hydrogen) atoms. The van der Waals surface area contributed by atoms with Crippen molar-refractivity contribution in [2.75, 3.05) is 6.61 Å². The van der Waals surface area contributed by atoms with Gasteiger partial charge >= 0.3 is 0 Å². The maximum Gasteiger partial charge on any atom is 0.136 e. The zero-order valence-corrected chi connectivity index (χ0v) is 10.0. The lowest BCUT2D eigenvalue weighted by Crippen LogP contribution is -2.46. The standard InChI is InChI=1S/C11H20O5/c1-7(2)6(13)10(7,15)11(16)8(3,4)9(11,14)5-12/h6,12-16H,5H2,1-4H3/t6?,9-,10-,11-/m1/s1. The summed E-state index contributed by atoms with van der Waals surface area (Å²) in [5.74, 6) is 0. The fraction of sp³-hybridized carbons (Fsp3) is 1.00. The third kappa shape index (κ3) is 0.726. The second kappa shape index (κ2) is 2.47. The maximum absolute atomic E-state index is 10.5. The maximum atomic E-state index is 10.5. The van der Waals surface area contributed by atoms with Gasteiger partial charge in [0.2, 0.25) is 0 Å². The Morgan fingerprint density at radius 2 is 1.38 bits per heavy atom. The van der Waals surface area contributed by atoms with Crippen LogP contribution in [0.3, 0.4) is 0 Å². The van der Waals surface area contributed by atoms with Crippen LogP contribution in [0.5, 0.6) is 0 Å². The molecule has 0 saturated heterocycles. The van der Waals surface area contributed by atoms with Gasteiger partial charge in [-0.15, -0.1) is 0 Å². The normalized spacial score (nSPS) is 57.2. The van der Waals surface area contributed by atoms with E-state index >= 15 is 0 Å². The van der Waals surface area contributed by atoms with Crippen LogP contribution in [0.2, 0.25) is 0 Å². The molecule has 0 aromatic rings. The van der Waals surface area contributed by atoms with E-state index in [2.05, 4.69) is 0 Å². The van der Waals surface area contributed by atoms with Gasteiger partial charge in [-0.2, -0.15) is 0 Å². The summed E-state index contributed by atoms with van der Waals surface area (Å²) in [4.78, 5) is 0. The van der Waals surface area contributed by atoms with Crippen molar-refractivity contribution in [2.24, 2.45) is 10.8 Å². The Hall–Kier alpha value is -0.200. The van der Waals surface area contributed by atoms with Crippen LogP contribution in [0.15, 0.2) is 0 Å². The highest BCUT2D eigenvalue weighted by atomic mass is 16.5. The third-order valence-electron chi connectivity index (χ3n) is 5.23. The third-order valence-corrected chi connectivity index (χ3v) is 5.23. The van der Waals surface area contributed by atoms with Gasteiger partial charge in [0.25, 0.3) is 0 Å². The lowest BCUT2D eigenvalue weighted by Gasteiger charge is -2.24. The van der Waals surface area contributed by atoms with Crippen molar-refractivity contribution in [3.05, 3.63) is 0 Å². The molecule has 0 aromatic carbocycles. The Balaban J connectivity index is 2.46. The van der Waals surface area contributed by atoms with Crippen LogP contribution >= 0.6 is 0 Å². The van der Waals surface area contributed by atoms with Crippen molar-refractivity contribution in [1.82, 2.24) is 0 Å². The van der Waals surface area contributed by atoms with Crippen LogP contribution in [-0.2, 0) is 0 Å². The van der Waals surface area contributed by atoms with Crippen molar-refractivity contribution in [1.29, 1.82) is 0 Å². The Labute approximate surface area is 94.3 Å². The van der Waals surface area contributed by atoms with Gasteiger partial charge < -0.3 is 25.5 Å². The first kappa shape index (κ1) is 12.3. The van der Waals surface area contributed by atoms with Crippen LogP contribution in [0.4, 0.5) is 0 Å². The summed E-state index contributed by atoms with van der Waals surface area (Å²) in [6, 6.07) is 0. The minimum atomic E-state index is -1.88. The molecule has 2 aliphatic carbocycles. The molecular formula is C11H20O5. The average molecular weight is 232 g/mol. The molecule has 0 spiro atoms. The van der Waals surface area contributed by atoms with Crippen LogP contribution in [0.1, 0.15) is 27.7 Å². The molecule has 2 saturated carbocycles. The minimum Gasteiger partial charge on any atom is -0.393 e. The fourth-order valence-corrected chi connectivity index (χ4v) is 3.40. The average Bonchev–Trinajstić information content (AvgIpc) is 2.76. The van der Waals surface area contributed by atoms with Crippen molar-refractivity contribution >= 4 is 0 Å². The molecule has 2 fully saturated rings. The van der Waals surface area contributed by atoms with E-state index in [0.29, 0.717) is 0 Å². The second-order valence-corrected chi connectivity index (χ2v) is 6.24. The molecule has 0 heterocycles. The first-order valence-corrected chi connectivity index (χ1v) is 5.43. The van der Waals surface area contributed by atoms with Gasteiger partial charge in [0.15, 0.2) is 0 Å². The Bertz CT molecular complexity index is 352. The highest BCUT2D eigenvalue weighted by Crippen LogP contribution is 2.78. The summed E-state index contributed by atoms with van der Waals surface area (Å²) in [5, 5.41) is 49.9. The van der Waals surface area contributed by atoms with Gasteiger partial charge in [-0.1, -0.05) is 27.7 Å². The molecule has 5 nitrogen and oxygen atoms in total. The quantitative estimate of drug-likeness (QED) is 0.403. The molecular weight excluding hydrogens is 212 g/mol. The lowest BCUT2D eigenvalue weighted by atomic mass is 9.93. The highest BCUT2D eigenvalue weighted by molar-refractivity contribution is 5.47. The number of aliphatic hydroxyl groups is 5. The molecule has 94 valence electrons. The molecule has 5 heteroatoms. The summed E-state index contributed by atoms with van der Waals surface area (Å²) < 4.78 is 0. The topological polar surface area (TPSA) is 101 Å². The van der Waals surface area contributed by atoms with E-state index < -0.39 is 40.3 Å². The van der Waals surface area contributed by atoms with Gasteiger partial charge in [-0.25, -0.2) is 0 Å². The van der Waals surface area contributed by atoms with Gasteiger partial charge in [0, 0.05) is 10.8 Å². The van der Waals surface area contributed by atoms with Crippen molar-refractivity contribution in [3.63, 3.8) is 0 Å². The molecule has 0 bridgehead atoms. The van der Waals surface area contributed by atoms with Crippen LogP contribution < -0.4 is 0 Å². The molecule has 0 aliphatic heterocycles. The monoisotopic (exact) mass is 232 g/mol. The molecule has 2 aliphatic rings. The molecule has 2 rings (SSSR count). The molecule has 4 atom stereocenters.